The molecule has 1 heterocycles. The molecule has 4 nitrogen and oxygen atoms in total. The number of aromatic nitrogens is 2. The van der Waals surface area contributed by atoms with Crippen LogP contribution >= 0.6 is 15.9 Å². The van der Waals surface area contributed by atoms with E-state index in [9.17, 15) is 4.39 Å². The molecule has 18 heavy (non-hydrogen) atoms. The van der Waals surface area contributed by atoms with Crippen LogP contribution in [0.15, 0.2) is 34.8 Å². The number of benzene rings is 1. The molecule has 2 rings (SSSR count). The van der Waals surface area contributed by atoms with Crippen molar-refractivity contribution in [1.82, 2.24) is 10.2 Å². The lowest BCUT2D eigenvalue weighted by molar-refractivity contribution is 0.390. The number of ether oxygens (including phenoxy) is 1. The summed E-state index contributed by atoms with van der Waals surface area (Å²) in [5.74, 6) is 0.0176. The molecule has 2 N–H and O–H groups in total. The van der Waals surface area contributed by atoms with Gasteiger partial charge in [0.05, 0.1) is 18.8 Å². The minimum Gasteiger partial charge on any atom is -0.480 e. The van der Waals surface area contributed by atoms with Gasteiger partial charge in [0.1, 0.15) is 5.82 Å². The van der Waals surface area contributed by atoms with Crippen LogP contribution in [0.25, 0.3) is 0 Å². The number of hydrogen-bond donors (Lipinski definition) is 1. The van der Waals surface area contributed by atoms with E-state index in [-0.39, 0.29) is 5.82 Å². The Labute approximate surface area is 112 Å². The molecular formula is C12H11BrFN3O. The number of rotatable bonds is 3. The summed E-state index contributed by atoms with van der Waals surface area (Å²) in [6.07, 6.45) is 0. The maximum Gasteiger partial charge on any atom is 0.233 e. The third-order valence-corrected chi connectivity index (χ3v) is 2.97. The maximum atomic E-state index is 13.7. The minimum atomic E-state index is -0.666. The highest BCUT2D eigenvalue weighted by Gasteiger charge is 2.16. The van der Waals surface area contributed by atoms with Crippen LogP contribution in [-0.2, 0) is 0 Å². The van der Waals surface area contributed by atoms with Gasteiger partial charge in [0.2, 0.25) is 5.88 Å². The second-order valence-electron chi connectivity index (χ2n) is 3.64. The zero-order chi connectivity index (χ0) is 13.1. The molecule has 1 aromatic heterocycles. The lowest BCUT2D eigenvalue weighted by Gasteiger charge is -2.12. The second kappa shape index (κ2) is 5.41. The summed E-state index contributed by atoms with van der Waals surface area (Å²) in [5, 5.41) is 7.72. The van der Waals surface area contributed by atoms with Crippen molar-refractivity contribution in [2.75, 3.05) is 7.11 Å². The summed E-state index contributed by atoms with van der Waals surface area (Å²) in [7, 11) is 1.50. The van der Waals surface area contributed by atoms with E-state index < -0.39 is 6.04 Å². The van der Waals surface area contributed by atoms with Gasteiger partial charge in [0.15, 0.2) is 0 Å². The zero-order valence-electron chi connectivity index (χ0n) is 9.60. The van der Waals surface area contributed by atoms with Crippen molar-refractivity contribution >= 4 is 15.9 Å². The van der Waals surface area contributed by atoms with Crippen molar-refractivity contribution in [3.8, 4) is 5.88 Å². The van der Waals surface area contributed by atoms with E-state index >= 15 is 0 Å². The molecule has 0 saturated heterocycles. The molecule has 0 spiro atoms. The predicted octanol–water partition coefficient (Wildman–Crippen LogP) is 2.43. The SMILES string of the molecule is COc1ccc(C(N)c2cc(Br)ccc2F)nn1. The summed E-state index contributed by atoms with van der Waals surface area (Å²) in [6.45, 7) is 0. The normalized spacial score (nSPS) is 12.2. The molecule has 1 atom stereocenters. The molecule has 0 fully saturated rings. The van der Waals surface area contributed by atoms with Gasteiger partial charge in [0, 0.05) is 16.1 Å². The van der Waals surface area contributed by atoms with Gasteiger partial charge in [-0.2, -0.15) is 0 Å². The zero-order valence-corrected chi connectivity index (χ0v) is 11.2. The molecule has 2 aromatic rings. The Morgan fingerprint density at radius 3 is 2.67 bits per heavy atom. The second-order valence-corrected chi connectivity index (χ2v) is 4.56. The largest absolute Gasteiger partial charge is 0.480 e. The molecule has 0 radical (unpaired) electrons. The highest BCUT2D eigenvalue weighted by atomic mass is 79.9. The van der Waals surface area contributed by atoms with Crippen LogP contribution in [0, 0.1) is 5.82 Å². The molecule has 0 saturated carbocycles. The van der Waals surface area contributed by atoms with Crippen molar-refractivity contribution < 1.29 is 9.13 Å². The van der Waals surface area contributed by atoms with E-state index in [1.54, 1.807) is 24.3 Å². The first-order valence-electron chi connectivity index (χ1n) is 5.20. The van der Waals surface area contributed by atoms with Crippen LogP contribution in [0.4, 0.5) is 4.39 Å². The maximum absolute atomic E-state index is 13.7. The third-order valence-electron chi connectivity index (χ3n) is 2.48. The molecule has 1 unspecified atom stereocenters. The standard InChI is InChI=1S/C12H11BrFN3O/c1-18-11-5-4-10(16-17-11)12(15)8-6-7(13)2-3-9(8)14/h2-6,12H,15H2,1H3. The average Bonchev–Trinajstić information content (AvgIpc) is 2.41. The monoisotopic (exact) mass is 311 g/mol. The van der Waals surface area contributed by atoms with Crippen LogP contribution < -0.4 is 10.5 Å². The number of nitrogens with two attached hydrogens (primary N) is 1. The Hall–Kier alpha value is -1.53. The van der Waals surface area contributed by atoms with Gasteiger partial charge in [0.25, 0.3) is 0 Å². The van der Waals surface area contributed by atoms with Gasteiger partial charge in [-0.1, -0.05) is 15.9 Å². The van der Waals surface area contributed by atoms with E-state index in [0.29, 0.717) is 17.1 Å². The van der Waals surface area contributed by atoms with E-state index in [0.717, 1.165) is 4.47 Å². The molecule has 0 amide bonds. The quantitative estimate of drug-likeness (QED) is 0.945. The van der Waals surface area contributed by atoms with Gasteiger partial charge in [-0.05, 0) is 24.3 Å². The molecule has 0 aliphatic heterocycles. The topological polar surface area (TPSA) is 61.0 Å². The van der Waals surface area contributed by atoms with Crippen molar-refractivity contribution in [1.29, 1.82) is 0 Å². The first-order valence-corrected chi connectivity index (χ1v) is 5.99. The van der Waals surface area contributed by atoms with Crippen LogP contribution in [0.3, 0.4) is 0 Å². The summed E-state index contributed by atoms with van der Waals surface area (Å²) >= 11 is 3.28. The lowest BCUT2D eigenvalue weighted by atomic mass is 10.0. The summed E-state index contributed by atoms with van der Waals surface area (Å²) in [5.41, 5.74) is 6.82. The number of halogens is 2. The molecule has 0 aliphatic rings. The summed E-state index contributed by atoms with van der Waals surface area (Å²) in [4.78, 5) is 0. The molecular weight excluding hydrogens is 301 g/mol. The Morgan fingerprint density at radius 2 is 2.06 bits per heavy atom. The predicted molar refractivity (Wildman–Crippen MR) is 68.7 cm³/mol. The van der Waals surface area contributed by atoms with Crippen molar-refractivity contribution in [3.63, 3.8) is 0 Å². The molecule has 94 valence electrons. The van der Waals surface area contributed by atoms with Crippen LogP contribution in [0.2, 0.25) is 0 Å². The number of methoxy groups -OCH3 is 1. The summed E-state index contributed by atoms with van der Waals surface area (Å²) < 4.78 is 19.3. The highest BCUT2D eigenvalue weighted by Crippen LogP contribution is 2.24. The summed E-state index contributed by atoms with van der Waals surface area (Å²) in [6, 6.07) is 7.24. The Morgan fingerprint density at radius 1 is 1.28 bits per heavy atom. The van der Waals surface area contributed by atoms with Gasteiger partial charge < -0.3 is 10.5 Å². The van der Waals surface area contributed by atoms with Gasteiger partial charge >= 0.3 is 0 Å². The van der Waals surface area contributed by atoms with Crippen molar-refractivity contribution in [3.05, 3.63) is 51.9 Å². The lowest BCUT2D eigenvalue weighted by Crippen LogP contribution is -2.15. The van der Waals surface area contributed by atoms with Gasteiger partial charge in [-0.15, -0.1) is 10.2 Å². The van der Waals surface area contributed by atoms with E-state index in [2.05, 4.69) is 26.1 Å². The van der Waals surface area contributed by atoms with Gasteiger partial charge in [-0.3, -0.25) is 0 Å². The van der Waals surface area contributed by atoms with Crippen LogP contribution in [0.5, 0.6) is 5.88 Å². The van der Waals surface area contributed by atoms with E-state index in [1.165, 1.54) is 13.2 Å². The smallest absolute Gasteiger partial charge is 0.233 e. The molecule has 0 bridgehead atoms. The fraction of sp³-hybridized carbons (Fsp3) is 0.167. The van der Waals surface area contributed by atoms with Crippen LogP contribution in [0.1, 0.15) is 17.3 Å². The number of nitrogens with zero attached hydrogens (tertiary/aromatic N) is 2. The Bertz CT molecular complexity index is 548. The number of hydrogen-bond acceptors (Lipinski definition) is 4. The van der Waals surface area contributed by atoms with Gasteiger partial charge in [-0.25, -0.2) is 4.39 Å². The van der Waals surface area contributed by atoms with E-state index in [1.807, 2.05) is 0 Å². The minimum absolute atomic E-state index is 0.365. The average molecular weight is 312 g/mol. The molecule has 1 aromatic carbocycles. The third kappa shape index (κ3) is 2.65. The fourth-order valence-electron chi connectivity index (χ4n) is 1.52. The molecule has 6 heteroatoms. The Kier molecular flexibility index (Phi) is 3.88. The highest BCUT2D eigenvalue weighted by molar-refractivity contribution is 9.10. The first-order chi connectivity index (χ1) is 8.61. The van der Waals surface area contributed by atoms with Crippen LogP contribution in [-0.4, -0.2) is 17.3 Å². The fourth-order valence-corrected chi connectivity index (χ4v) is 1.90. The first kappa shape index (κ1) is 12.9. The Balaban J connectivity index is 2.34. The van der Waals surface area contributed by atoms with E-state index in [4.69, 9.17) is 10.5 Å². The molecule has 0 aliphatic carbocycles. The van der Waals surface area contributed by atoms with Crippen molar-refractivity contribution in [2.24, 2.45) is 5.73 Å². The van der Waals surface area contributed by atoms with Crippen molar-refractivity contribution in [2.45, 2.75) is 6.04 Å².